The maximum atomic E-state index is 9.97. The molecule has 1 unspecified atom stereocenters. The van der Waals surface area contributed by atoms with Gasteiger partial charge in [0.05, 0.1) is 34.9 Å². The number of hydrogen-bond acceptors (Lipinski definition) is 7. The summed E-state index contributed by atoms with van der Waals surface area (Å²) in [4.78, 5) is 14.1. The van der Waals surface area contributed by atoms with Gasteiger partial charge in [-0.25, -0.2) is 9.97 Å². The molecule has 5 heterocycles. The Morgan fingerprint density at radius 3 is 2.67 bits per heavy atom. The van der Waals surface area contributed by atoms with Crippen molar-refractivity contribution in [2.75, 3.05) is 42.9 Å². The summed E-state index contributed by atoms with van der Waals surface area (Å²) < 4.78 is 2.01. The molecule has 36 heavy (non-hydrogen) atoms. The highest BCUT2D eigenvalue weighted by Crippen LogP contribution is 2.31. The monoisotopic (exact) mass is 482 g/mol. The Balaban J connectivity index is 1.28. The van der Waals surface area contributed by atoms with Gasteiger partial charge in [0.15, 0.2) is 5.65 Å². The third-order valence-electron chi connectivity index (χ3n) is 7.00. The molecule has 1 fully saturated rings. The van der Waals surface area contributed by atoms with Crippen LogP contribution in [0.15, 0.2) is 61.2 Å². The molecule has 0 aliphatic carbocycles. The fraction of sp³-hybridized carbons (Fsp3) is 0.296. The van der Waals surface area contributed by atoms with Crippen molar-refractivity contribution in [3.05, 3.63) is 66.9 Å². The molecule has 9 nitrogen and oxygen atoms in total. The van der Waals surface area contributed by atoms with Crippen molar-refractivity contribution in [1.82, 2.24) is 29.5 Å². The lowest BCUT2D eigenvalue weighted by atomic mass is 10.0. The van der Waals surface area contributed by atoms with Gasteiger partial charge in [-0.05, 0) is 43.3 Å². The summed E-state index contributed by atoms with van der Waals surface area (Å²) in [5.74, 6) is 0.776. The van der Waals surface area contributed by atoms with Crippen molar-refractivity contribution in [2.24, 2.45) is 0 Å². The van der Waals surface area contributed by atoms with Gasteiger partial charge >= 0.3 is 0 Å². The fourth-order valence-corrected chi connectivity index (χ4v) is 4.93. The summed E-state index contributed by atoms with van der Waals surface area (Å²) in [6.45, 7) is 9.28. The number of rotatable bonds is 6. The van der Waals surface area contributed by atoms with Crippen LogP contribution in [0.25, 0.3) is 27.7 Å². The molecule has 1 atom stereocenters. The molecule has 1 aliphatic rings. The van der Waals surface area contributed by atoms with Gasteiger partial charge in [0, 0.05) is 55.7 Å². The fourth-order valence-electron chi connectivity index (χ4n) is 4.93. The summed E-state index contributed by atoms with van der Waals surface area (Å²) in [5, 5.41) is 21.7. The zero-order valence-corrected chi connectivity index (χ0v) is 20.5. The number of piperazine rings is 1. The van der Waals surface area contributed by atoms with E-state index in [0.29, 0.717) is 5.69 Å². The number of likely N-dealkylation sites (N-methyl/N-ethyl adjacent to an activating group) is 1. The van der Waals surface area contributed by atoms with Crippen molar-refractivity contribution >= 4 is 33.7 Å². The number of pyridine rings is 2. The van der Waals surface area contributed by atoms with Crippen LogP contribution < -0.4 is 10.2 Å². The van der Waals surface area contributed by atoms with Gasteiger partial charge in [-0.15, -0.1) is 0 Å². The molecule has 5 aromatic rings. The highest BCUT2D eigenvalue weighted by Gasteiger charge is 2.17. The van der Waals surface area contributed by atoms with Crippen molar-refractivity contribution in [3.8, 4) is 11.1 Å². The second-order valence-corrected chi connectivity index (χ2v) is 9.29. The van der Waals surface area contributed by atoms with E-state index >= 15 is 0 Å². The normalized spacial score (nSPS) is 15.6. The van der Waals surface area contributed by atoms with Crippen LogP contribution in [0.4, 0.5) is 17.2 Å². The topological polar surface area (TPSA) is 97.6 Å². The third kappa shape index (κ3) is 4.16. The molecule has 1 aliphatic heterocycles. The molecule has 1 aromatic carbocycles. The smallest absolute Gasteiger partial charge is 0.160 e. The predicted molar refractivity (Wildman–Crippen MR) is 143 cm³/mol. The Labute approximate surface area is 209 Å². The maximum Gasteiger partial charge on any atom is 0.160 e. The molecule has 6 rings (SSSR count). The molecule has 4 aromatic heterocycles. The first kappa shape index (κ1) is 22.5. The van der Waals surface area contributed by atoms with E-state index in [-0.39, 0.29) is 0 Å². The van der Waals surface area contributed by atoms with Gasteiger partial charge in [-0.3, -0.25) is 5.10 Å². The Hall–Kier alpha value is -3.95. The summed E-state index contributed by atoms with van der Waals surface area (Å²) in [5.41, 5.74) is 6.48. The van der Waals surface area contributed by atoms with Crippen LogP contribution in [-0.4, -0.2) is 67.3 Å². The van der Waals surface area contributed by atoms with Crippen molar-refractivity contribution in [1.29, 1.82) is 0 Å². The number of aromatic nitrogens is 5. The van der Waals surface area contributed by atoms with Crippen LogP contribution in [0.3, 0.4) is 0 Å². The summed E-state index contributed by atoms with van der Waals surface area (Å²) >= 11 is 0. The first-order chi connectivity index (χ1) is 17.6. The molecule has 184 valence electrons. The summed E-state index contributed by atoms with van der Waals surface area (Å²) in [6.07, 6.45) is 7.12. The van der Waals surface area contributed by atoms with E-state index in [1.807, 2.05) is 28.9 Å². The van der Waals surface area contributed by atoms with Crippen molar-refractivity contribution in [2.45, 2.75) is 20.0 Å². The molecule has 9 heteroatoms. The zero-order valence-electron chi connectivity index (χ0n) is 20.5. The lowest BCUT2D eigenvalue weighted by Crippen LogP contribution is -2.46. The minimum atomic E-state index is -0.623. The molecule has 0 amide bonds. The maximum absolute atomic E-state index is 9.97. The minimum Gasteiger partial charge on any atom is -0.387 e. The quantitative estimate of drug-likeness (QED) is 0.334. The average Bonchev–Trinajstić information content (AvgIpc) is 3.56. The van der Waals surface area contributed by atoms with Gasteiger partial charge in [-0.1, -0.05) is 19.1 Å². The van der Waals surface area contributed by atoms with Gasteiger partial charge in [-0.2, -0.15) is 5.10 Å². The average molecular weight is 483 g/mol. The van der Waals surface area contributed by atoms with E-state index in [4.69, 9.17) is 4.98 Å². The van der Waals surface area contributed by atoms with Crippen LogP contribution in [0.1, 0.15) is 25.6 Å². The first-order valence-electron chi connectivity index (χ1n) is 12.4. The molecular weight excluding hydrogens is 452 g/mol. The SMILES string of the molecule is CCN1CCN(c2ccc(Nc3cc(-c4ccc5c(C(C)O)n[nH]c5c4)cn4ccnc34)nc2)CC1. The van der Waals surface area contributed by atoms with Gasteiger partial charge in [0.2, 0.25) is 0 Å². The van der Waals surface area contributed by atoms with E-state index in [2.05, 4.69) is 67.7 Å². The van der Waals surface area contributed by atoms with Crippen LogP contribution in [0.5, 0.6) is 0 Å². The Bertz CT molecular complexity index is 1500. The molecule has 0 bridgehead atoms. The summed E-state index contributed by atoms with van der Waals surface area (Å²) in [6, 6.07) is 12.4. The number of benzene rings is 1. The van der Waals surface area contributed by atoms with Crippen LogP contribution in [0, 0.1) is 0 Å². The number of nitrogens with zero attached hydrogens (tertiary/aromatic N) is 6. The van der Waals surface area contributed by atoms with E-state index < -0.39 is 6.10 Å². The van der Waals surface area contributed by atoms with Crippen LogP contribution in [-0.2, 0) is 0 Å². The second-order valence-electron chi connectivity index (χ2n) is 9.29. The number of anilines is 3. The van der Waals surface area contributed by atoms with Gasteiger partial charge in [0.1, 0.15) is 5.82 Å². The van der Waals surface area contributed by atoms with Gasteiger partial charge < -0.3 is 24.6 Å². The Morgan fingerprint density at radius 1 is 1.06 bits per heavy atom. The lowest BCUT2D eigenvalue weighted by Gasteiger charge is -2.35. The third-order valence-corrected chi connectivity index (χ3v) is 7.00. The van der Waals surface area contributed by atoms with Crippen LogP contribution >= 0.6 is 0 Å². The number of imidazole rings is 1. The largest absolute Gasteiger partial charge is 0.387 e. The molecule has 0 saturated carbocycles. The second kappa shape index (κ2) is 9.25. The van der Waals surface area contributed by atoms with Crippen LogP contribution in [0.2, 0.25) is 0 Å². The number of hydrogen-bond donors (Lipinski definition) is 3. The number of aliphatic hydroxyl groups excluding tert-OH is 1. The van der Waals surface area contributed by atoms with Crippen molar-refractivity contribution < 1.29 is 5.11 Å². The minimum absolute atomic E-state index is 0.623. The van der Waals surface area contributed by atoms with E-state index in [0.717, 1.165) is 77.6 Å². The molecule has 3 N–H and O–H groups in total. The van der Waals surface area contributed by atoms with E-state index in [1.165, 1.54) is 0 Å². The molecular formula is C27H30N8O. The van der Waals surface area contributed by atoms with E-state index in [9.17, 15) is 5.11 Å². The predicted octanol–water partition coefficient (Wildman–Crippen LogP) is 4.21. The summed E-state index contributed by atoms with van der Waals surface area (Å²) in [7, 11) is 0. The first-order valence-corrected chi connectivity index (χ1v) is 12.4. The molecule has 0 spiro atoms. The highest BCUT2D eigenvalue weighted by atomic mass is 16.3. The highest BCUT2D eigenvalue weighted by molar-refractivity contribution is 5.88. The van der Waals surface area contributed by atoms with E-state index in [1.54, 1.807) is 13.1 Å². The lowest BCUT2D eigenvalue weighted by molar-refractivity contribution is 0.195. The Kier molecular flexibility index (Phi) is 5.79. The van der Waals surface area contributed by atoms with Gasteiger partial charge in [0.25, 0.3) is 0 Å². The number of fused-ring (bicyclic) bond motifs is 2. The number of nitrogens with one attached hydrogen (secondary N) is 2. The molecule has 0 radical (unpaired) electrons. The number of H-pyrrole nitrogens is 1. The molecule has 1 saturated heterocycles. The standard InChI is InChI=1S/C27H30N8O/c1-3-33-10-12-34(13-11-33)21-5-7-25(29-16-21)30-24-15-20(17-35-9-8-28-27(24)35)19-4-6-22-23(14-19)31-32-26(22)18(2)36/h4-9,14-18,36H,3,10-13H2,1-2H3,(H,29,30)(H,31,32). The number of aliphatic hydroxyl groups is 1. The Morgan fingerprint density at radius 2 is 1.92 bits per heavy atom. The van der Waals surface area contributed by atoms with Crippen molar-refractivity contribution in [3.63, 3.8) is 0 Å². The number of aromatic amines is 1. The zero-order chi connectivity index (χ0) is 24.6.